The number of aliphatic hydroxyl groups excluding tert-OH is 1. The number of hydrogen-bond acceptors (Lipinski definition) is 3. The topological polar surface area (TPSA) is 58.6 Å². The van der Waals surface area contributed by atoms with Crippen molar-refractivity contribution in [1.82, 2.24) is 5.32 Å². The molecule has 6 heteroatoms. The summed E-state index contributed by atoms with van der Waals surface area (Å²) in [6.07, 6.45) is -1.37. The summed E-state index contributed by atoms with van der Waals surface area (Å²) in [6, 6.07) is 10.2. The average molecular weight is 321 g/mol. The maximum absolute atomic E-state index is 13.5. The molecule has 0 aromatic heterocycles. The lowest BCUT2D eigenvalue weighted by Crippen LogP contribution is -2.30. The second kappa shape index (κ2) is 7.69. The molecular formula is C17H17F2NO3. The van der Waals surface area contributed by atoms with Crippen molar-refractivity contribution in [3.05, 3.63) is 65.2 Å². The van der Waals surface area contributed by atoms with Gasteiger partial charge < -0.3 is 15.2 Å². The molecule has 1 unspecified atom stereocenters. The highest BCUT2D eigenvalue weighted by molar-refractivity contribution is 5.78. The second-order valence-electron chi connectivity index (χ2n) is 4.97. The van der Waals surface area contributed by atoms with E-state index in [2.05, 4.69) is 5.32 Å². The molecule has 2 aromatic rings. The molecule has 0 saturated heterocycles. The molecule has 2 aromatic carbocycles. The van der Waals surface area contributed by atoms with Crippen molar-refractivity contribution in [3.8, 4) is 5.75 Å². The molecule has 0 spiro atoms. The van der Waals surface area contributed by atoms with Crippen LogP contribution in [0.3, 0.4) is 0 Å². The van der Waals surface area contributed by atoms with Crippen LogP contribution in [0.4, 0.5) is 8.78 Å². The molecule has 0 radical (unpaired) electrons. The van der Waals surface area contributed by atoms with E-state index >= 15 is 0 Å². The van der Waals surface area contributed by atoms with Crippen molar-refractivity contribution in [2.24, 2.45) is 0 Å². The highest BCUT2D eigenvalue weighted by Crippen LogP contribution is 2.18. The predicted molar refractivity (Wildman–Crippen MR) is 81.0 cm³/mol. The van der Waals surface area contributed by atoms with E-state index in [1.54, 1.807) is 24.3 Å². The van der Waals surface area contributed by atoms with Gasteiger partial charge in [0.05, 0.1) is 19.6 Å². The van der Waals surface area contributed by atoms with Gasteiger partial charge in [-0.2, -0.15) is 0 Å². The molecule has 2 N–H and O–H groups in total. The number of ether oxygens (including phenoxy) is 1. The first-order valence-electron chi connectivity index (χ1n) is 7.03. The first-order chi connectivity index (χ1) is 11.0. The van der Waals surface area contributed by atoms with Crippen molar-refractivity contribution in [1.29, 1.82) is 0 Å². The average Bonchev–Trinajstić information content (AvgIpc) is 2.56. The number of carbonyl (C=O) groups is 1. The SMILES string of the molecule is COc1cccc(C(O)CNC(=O)Cc2c(F)cccc2F)c1. The van der Waals surface area contributed by atoms with E-state index in [4.69, 9.17) is 4.74 Å². The number of nitrogens with one attached hydrogen (secondary N) is 1. The van der Waals surface area contributed by atoms with E-state index in [0.29, 0.717) is 11.3 Å². The molecule has 122 valence electrons. The minimum Gasteiger partial charge on any atom is -0.497 e. The molecular weight excluding hydrogens is 304 g/mol. The Hall–Kier alpha value is -2.47. The molecule has 4 nitrogen and oxygen atoms in total. The van der Waals surface area contributed by atoms with Crippen LogP contribution in [0.25, 0.3) is 0 Å². The van der Waals surface area contributed by atoms with Crippen molar-refractivity contribution in [2.75, 3.05) is 13.7 Å². The third-order valence-electron chi connectivity index (χ3n) is 3.37. The number of halogens is 2. The molecule has 0 bridgehead atoms. The van der Waals surface area contributed by atoms with Gasteiger partial charge in [0.15, 0.2) is 0 Å². The summed E-state index contributed by atoms with van der Waals surface area (Å²) >= 11 is 0. The molecule has 0 aliphatic heterocycles. The van der Waals surface area contributed by atoms with E-state index in [9.17, 15) is 18.7 Å². The minimum absolute atomic E-state index is 0.0674. The smallest absolute Gasteiger partial charge is 0.224 e. The number of amides is 1. The van der Waals surface area contributed by atoms with Crippen LogP contribution in [0, 0.1) is 11.6 Å². The van der Waals surface area contributed by atoms with Gasteiger partial charge in [-0.3, -0.25) is 4.79 Å². The van der Waals surface area contributed by atoms with Crippen molar-refractivity contribution in [2.45, 2.75) is 12.5 Å². The number of carbonyl (C=O) groups excluding carboxylic acids is 1. The lowest BCUT2D eigenvalue weighted by molar-refractivity contribution is -0.121. The minimum atomic E-state index is -0.945. The van der Waals surface area contributed by atoms with Crippen LogP contribution < -0.4 is 10.1 Å². The van der Waals surface area contributed by atoms with Gasteiger partial charge in [-0.1, -0.05) is 18.2 Å². The van der Waals surface area contributed by atoms with E-state index in [-0.39, 0.29) is 12.1 Å². The first-order valence-corrected chi connectivity index (χ1v) is 7.03. The van der Waals surface area contributed by atoms with Gasteiger partial charge in [0, 0.05) is 12.1 Å². The maximum Gasteiger partial charge on any atom is 0.224 e. The fraction of sp³-hybridized carbons (Fsp3) is 0.235. The van der Waals surface area contributed by atoms with Crippen LogP contribution in [0.1, 0.15) is 17.2 Å². The Labute approximate surface area is 132 Å². The Balaban J connectivity index is 1.93. The molecule has 1 atom stereocenters. The Morgan fingerprint density at radius 1 is 1.22 bits per heavy atom. The summed E-state index contributed by atoms with van der Waals surface area (Å²) in [5, 5.41) is 12.5. The van der Waals surface area contributed by atoms with Crippen LogP contribution in [0.15, 0.2) is 42.5 Å². The van der Waals surface area contributed by atoms with E-state index in [0.717, 1.165) is 12.1 Å². The lowest BCUT2D eigenvalue weighted by atomic mass is 10.1. The van der Waals surface area contributed by atoms with Gasteiger partial charge in [-0.05, 0) is 29.8 Å². The quantitative estimate of drug-likeness (QED) is 0.859. The summed E-state index contributed by atoms with van der Waals surface area (Å²) in [5.41, 5.74) is 0.280. The van der Waals surface area contributed by atoms with Gasteiger partial charge in [0.25, 0.3) is 0 Å². The van der Waals surface area contributed by atoms with Gasteiger partial charge in [-0.15, -0.1) is 0 Å². The molecule has 0 fully saturated rings. The Bertz CT molecular complexity index is 671. The molecule has 0 aliphatic rings. The summed E-state index contributed by atoms with van der Waals surface area (Å²) in [4.78, 5) is 11.8. The van der Waals surface area contributed by atoms with Crippen molar-refractivity contribution < 1.29 is 23.4 Å². The first kappa shape index (κ1) is 16.9. The van der Waals surface area contributed by atoms with E-state index < -0.39 is 30.1 Å². The highest BCUT2D eigenvalue weighted by Gasteiger charge is 2.15. The Morgan fingerprint density at radius 2 is 1.87 bits per heavy atom. The standard InChI is InChI=1S/C17H17F2NO3/c1-23-12-5-2-4-11(8-12)16(21)10-20-17(22)9-13-14(18)6-3-7-15(13)19/h2-8,16,21H,9-10H2,1H3,(H,20,22). The Kier molecular flexibility index (Phi) is 5.65. The van der Waals surface area contributed by atoms with Crippen molar-refractivity contribution in [3.63, 3.8) is 0 Å². The van der Waals surface area contributed by atoms with Crippen LogP contribution in [0.2, 0.25) is 0 Å². The molecule has 0 saturated carbocycles. The number of benzene rings is 2. The van der Waals surface area contributed by atoms with Crippen LogP contribution in [0.5, 0.6) is 5.75 Å². The number of hydrogen-bond donors (Lipinski definition) is 2. The molecule has 0 aliphatic carbocycles. The summed E-state index contributed by atoms with van der Waals surface area (Å²) in [7, 11) is 1.51. The Morgan fingerprint density at radius 3 is 2.52 bits per heavy atom. The zero-order valence-electron chi connectivity index (χ0n) is 12.6. The lowest BCUT2D eigenvalue weighted by Gasteiger charge is -2.13. The number of aliphatic hydroxyl groups is 1. The second-order valence-corrected chi connectivity index (χ2v) is 4.97. The molecule has 2 rings (SSSR count). The fourth-order valence-electron chi connectivity index (χ4n) is 2.10. The molecule has 23 heavy (non-hydrogen) atoms. The number of rotatable bonds is 6. The number of methoxy groups -OCH3 is 1. The van der Waals surface area contributed by atoms with Crippen LogP contribution in [-0.4, -0.2) is 24.7 Å². The molecule has 1 amide bonds. The summed E-state index contributed by atoms with van der Waals surface area (Å²) in [5.74, 6) is -1.53. The highest BCUT2D eigenvalue weighted by atomic mass is 19.1. The van der Waals surface area contributed by atoms with Gasteiger partial charge in [-0.25, -0.2) is 8.78 Å². The van der Waals surface area contributed by atoms with Gasteiger partial charge in [0.2, 0.25) is 5.91 Å². The van der Waals surface area contributed by atoms with E-state index in [1.165, 1.54) is 13.2 Å². The zero-order valence-corrected chi connectivity index (χ0v) is 12.6. The monoisotopic (exact) mass is 321 g/mol. The van der Waals surface area contributed by atoms with E-state index in [1.807, 2.05) is 0 Å². The van der Waals surface area contributed by atoms with Crippen molar-refractivity contribution >= 4 is 5.91 Å². The third-order valence-corrected chi connectivity index (χ3v) is 3.37. The predicted octanol–water partition coefficient (Wildman–Crippen LogP) is 2.37. The van der Waals surface area contributed by atoms with Gasteiger partial charge >= 0.3 is 0 Å². The van der Waals surface area contributed by atoms with Crippen LogP contribution in [-0.2, 0) is 11.2 Å². The summed E-state index contributed by atoms with van der Waals surface area (Å²) in [6.45, 7) is -0.0674. The van der Waals surface area contributed by atoms with Gasteiger partial charge in [0.1, 0.15) is 17.4 Å². The summed E-state index contributed by atoms with van der Waals surface area (Å²) < 4.78 is 32.0. The maximum atomic E-state index is 13.5. The normalized spacial score (nSPS) is 11.8. The largest absolute Gasteiger partial charge is 0.497 e. The molecule has 0 heterocycles. The fourth-order valence-corrected chi connectivity index (χ4v) is 2.10. The van der Waals surface area contributed by atoms with Crippen LogP contribution >= 0.6 is 0 Å². The third kappa shape index (κ3) is 4.50. The zero-order chi connectivity index (χ0) is 16.8.